The molecule has 2 aliphatic heterocycles. The van der Waals surface area contributed by atoms with Gasteiger partial charge in [0, 0.05) is 44.1 Å². The second-order valence-corrected chi connectivity index (χ2v) is 6.13. The molecule has 4 nitrogen and oxygen atoms in total. The van der Waals surface area contributed by atoms with E-state index in [4.69, 9.17) is 9.47 Å². The summed E-state index contributed by atoms with van der Waals surface area (Å²) in [5.74, 6) is -1.84. The minimum absolute atomic E-state index is 0.116. The molecule has 0 radical (unpaired) electrons. The molecule has 0 bridgehead atoms. The fraction of sp³-hybridized carbons (Fsp3) is 0.625. The zero-order chi connectivity index (χ0) is 15.7. The molecule has 2 heterocycles. The standard InChI is InChI=1S/C16H21F2NO3/c1-11-10-21-16(22-11)4-6-19(7-5-16)9-15(20)13-3-2-12(17)8-14(13)18/h2-3,8,11,15,20H,4-7,9-10H2,1H3. The van der Waals surface area contributed by atoms with Gasteiger partial charge in [0.25, 0.3) is 0 Å². The lowest BCUT2D eigenvalue weighted by molar-refractivity contribution is -0.194. The van der Waals surface area contributed by atoms with E-state index in [1.807, 2.05) is 6.92 Å². The maximum absolute atomic E-state index is 13.7. The van der Waals surface area contributed by atoms with Crippen molar-refractivity contribution in [2.24, 2.45) is 0 Å². The third-order valence-electron chi connectivity index (χ3n) is 4.37. The van der Waals surface area contributed by atoms with Gasteiger partial charge in [-0.15, -0.1) is 0 Å². The number of hydrogen-bond acceptors (Lipinski definition) is 4. The smallest absolute Gasteiger partial charge is 0.171 e. The van der Waals surface area contributed by atoms with Crippen LogP contribution in [0, 0.1) is 11.6 Å². The Morgan fingerprint density at radius 2 is 2.09 bits per heavy atom. The number of β-amino-alcohol motifs (C(OH)–C–C–N with tert-alkyl or cyclic N) is 1. The molecule has 1 aromatic carbocycles. The Hall–Kier alpha value is -1.08. The Labute approximate surface area is 128 Å². The van der Waals surface area contributed by atoms with Crippen molar-refractivity contribution in [3.8, 4) is 0 Å². The number of hydrogen-bond donors (Lipinski definition) is 1. The summed E-state index contributed by atoms with van der Waals surface area (Å²) in [6.45, 7) is 4.35. The van der Waals surface area contributed by atoms with Gasteiger partial charge in [-0.25, -0.2) is 8.78 Å². The van der Waals surface area contributed by atoms with E-state index in [1.165, 1.54) is 6.07 Å². The minimum atomic E-state index is -0.973. The van der Waals surface area contributed by atoms with Crippen molar-refractivity contribution in [3.63, 3.8) is 0 Å². The predicted octanol–water partition coefficient (Wildman–Crippen LogP) is 2.23. The van der Waals surface area contributed by atoms with Gasteiger partial charge >= 0.3 is 0 Å². The number of aliphatic hydroxyl groups is 1. The van der Waals surface area contributed by atoms with Crippen LogP contribution in [-0.4, -0.2) is 48.1 Å². The van der Waals surface area contributed by atoms with E-state index in [9.17, 15) is 13.9 Å². The molecule has 2 unspecified atom stereocenters. The van der Waals surface area contributed by atoms with Gasteiger partial charge in [0.15, 0.2) is 5.79 Å². The lowest BCUT2D eigenvalue weighted by Gasteiger charge is -2.38. The molecular weight excluding hydrogens is 292 g/mol. The Kier molecular flexibility index (Phi) is 4.45. The van der Waals surface area contributed by atoms with Crippen LogP contribution in [0.3, 0.4) is 0 Å². The van der Waals surface area contributed by atoms with Crippen molar-refractivity contribution >= 4 is 0 Å². The number of halogens is 2. The highest BCUT2D eigenvalue weighted by Gasteiger charge is 2.42. The average molecular weight is 313 g/mol. The highest BCUT2D eigenvalue weighted by atomic mass is 19.1. The molecule has 3 rings (SSSR count). The number of benzene rings is 1. The topological polar surface area (TPSA) is 41.9 Å². The molecule has 0 amide bonds. The van der Waals surface area contributed by atoms with Gasteiger partial charge in [-0.05, 0) is 13.0 Å². The van der Waals surface area contributed by atoms with Crippen molar-refractivity contribution in [2.75, 3.05) is 26.2 Å². The summed E-state index contributed by atoms with van der Waals surface area (Å²) in [5.41, 5.74) is 0.128. The number of nitrogens with zero attached hydrogens (tertiary/aromatic N) is 1. The van der Waals surface area contributed by atoms with Crippen LogP contribution < -0.4 is 0 Å². The van der Waals surface area contributed by atoms with Crippen LogP contribution in [0.2, 0.25) is 0 Å². The van der Waals surface area contributed by atoms with Crippen molar-refractivity contribution < 1.29 is 23.4 Å². The van der Waals surface area contributed by atoms with Gasteiger partial charge in [0.1, 0.15) is 11.6 Å². The fourth-order valence-electron chi connectivity index (χ4n) is 3.16. The molecule has 1 N–H and O–H groups in total. The minimum Gasteiger partial charge on any atom is -0.387 e. The number of aliphatic hydroxyl groups excluding tert-OH is 1. The van der Waals surface area contributed by atoms with E-state index in [2.05, 4.69) is 4.90 Å². The normalized spacial score (nSPS) is 26.5. The molecule has 2 fully saturated rings. The van der Waals surface area contributed by atoms with Gasteiger partial charge in [0.05, 0.1) is 18.8 Å². The van der Waals surface area contributed by atoms with Gasteiger partial charge < -0.3 is 19.5 Å². The molecule has 2 atom stereocenters. The first-order valence-electron chi connectivity index (χ1n) is 7.65. The Bertz CT molecular complexity index is 532. The Morgan fingerprint density at radius 1 is 1.36 bits per heavy atom. The first-order chi connectivity index (χ1) is 10.5. The third-order valence-corrected chi connectivity index (χ3v) is 4.37. The summed E-state index contributed by atoms with van der Waals surface area (Å²) < 4.78 is 38.2. The van der Waals surface area contributed by atoms with E-state index in [-0.39, 0.29) is 11.7 Å². The molecule has 22 heavy (non-hydrogen) atoms. The maximum atomic E-state index is 13.7. The van der Waals surface area contributed by atoms with Crippen LogP contribution in [0.5, 0.6) is 0 Å². The average Bonchev–Trinajstić information content (AvgIpc) is 2.83. The van der Waals surface area contributed by atoms with Crippen molar-refractivity contribution in [1.29, 1.82) is 0 Å². The lowest BCUT2D eigenvalue weighted by Crippen LogP contribution is -2.46. The Balaban J connectivity index is 1.56. The van der Waals surface area contributed by atoms with Gasteiger partial charge in [-0.3, -0.25) is 0 Å². The van der Waals surface area contributed by atoms with Gasteiger partial charge in [-0.1, -0.05) is 6.07 Å². The second-order valence-electron chi connectivity index (χ2n) is 6.13. The second kappa shape index (κ2) is 6.20. The van der Waals surface area contributed by atoms with Crippen LogP contribution in [0.15, 0.2) is 18.2 Å². The van der Waals surface area contributed by atoms with E-state index in [1.54, 1.807) is 0 Å². The van der Waals surface area contributed by atoms with Crippen LogP contribution in [0.25, 0.3) is 0 Å². The van der Waals surface area contributed by atoms with Gasteiger partial charge in [-0.2, -0.15) is 0 Å². The highest BCUT2D eigenvalue weighted by molar-refractivity contribution is 5.21. The van der Waals surface area contributed by atoms with Crippen LogP contribution >= 0.6 is 0 Å². The quantitative estimate of drug-likeness (QED) is 0.929. The zero-order valence-corrected chi connectivity index (χ0v) is 12.6. The molecule has 1 aromatic rings. The maximum Gasteiger partial charge on any atom is 0.171 e. The molecule has 2 saturated heterocycles. The number of likely N-dealkylation sites (tertiary alicyclic amines) is 1. The van der Waals surface area contributed by atoms with E-state index < -0.39 is 23.5 Å². The highest BCUT2D eigenvalue weighted by Crippen LogP contribution is 2.34. The summed E-state index contributed by atoms with van der Waals surface area (Å²) in [7, 11) is 0. The molecule has 122 valence electrons. The van der Waals surface area contributed by atoms with Gasteiger partial charge in [0.2, 0.25) is 0 Å². The van der Waals surface area contributed by atoms with Crippen LogP contribution in [-0.2, 0) is 9.47 Å². The molecule has 6 heteroatoms. The lowest BCUT2D eigenvalue weighted by atomic mass is 10.0. The van der Waals surface area contributed by atoms with Crippen LogP contribution in [0.4, 0.5) is 8.78 Å². The monoisotopic (exact) mass is 313 g/mol. The first-order valence-corrected chi connectivity index (χ1v) is 7.65. The zero-order valence-electron chi connectivity index (χ0n) is 12.6. The summed E-state index contributed by atoms with van der Waals surface area (Å²) in [5, 5.41) is 10.2. The first kappa shape index (κ1) is 15.8. The molecular formula is C16H21F2NO3. The summed E-state index contributed by atoms with van der Waals surface area (Å²) in [6, 6.07) is 3.26. The third kappa shape index (κ3) is 3.30. The number of rotatable bonds is 3. The molecule has 2 aliphatic rings. The summed E-state index contributed by atoms with van der Waals surface area (Å²) in [6.07, 6.45) is 0.607. The van der Waals surface area contributed by atoms with Crippen molar-refractivity contribution in [2.45, 2.75) is 37.8 Å². The van der Waals surface area contributed by atoms with Crippen molar-refractivity contribution in [3.05, 3.63) is 35.4 Å². The SMILES string of the molecule is CC1COC2(CCN(CC(O)c3ccc(F)cc3F)CC2)O1. The molecule has 0 saturated carbocycles. The fourth-order valence-corrected chi connectivity index (χ4v) is 3.16. The van der Waals surface area contributed by atoms with Crippen molar-refractivity contribution in [1.82, 2.24) is 4.90 Å². The summed E-state index contributed by atoms with van der Waals surface area (Å²) in [4.78, 5) is 2.05. The van der Waals surface area contributed by atoms with E-state index >= 15 is 0 Å². The number of piperidine rings is 1. The molecule has 0 aliphatic carbocycles. The van der Waals surface area contributed by atoms with E-state index in [0.717, 1.165) is 25.0 Å². The Morgan fingerprint density at radius 3 is 2.68 bits per heavy atom. The van der Waals surface area contributed by atoms with Crippen LogP contribution in [0.1, 0.15) is 31.4 Å². The molecule has 0 aromatic heterocycles. The molecule has 1 spiro atoms. The largest absolute Gasteiger partial charge is 0.387 e. The summed E-state index contributed by atoms with van der Waals surface area (Å²) >= 11 is 0. The predicted molar refractivity (Wildman–Crippen MR) is 76.2 cm³/mol. The number of ether oxygens (including phenoxy) is 2. The van der Waals surface area contributed by atoms with E-state index in [0.29, 0.717) is 26.2 Å².